The molecule has 0 radical (unpaired) electrons. The molecule has 3 aromatic carbocycles. The molecule has 5 nitrogen and oxygen atoms in total. The van der Waals surface area contributed by atoms with Gasteiger partial charge in [0, 0.05) is 22.0 Å². The Hall–Kier alpha value is -3.44. The SMILES string of the molecule is COc1cc(Cl)c(C)cc1NC(=O)c1c(-c2ccccc2)nnc2ccc(C)cc12. The number of nitrogens with zero attached hydrogens (tertiary/aromatic N) is 2. The minimum absolute atomic E-state index is 0.292. The van der Waals surface area contributed by atoms with Gasteiger partial charge in [0.25, 0.3) is 5.91 Å². The number of methoxy groups -OCH3 is 1. The number of hydrogen-bond donors (Lipinski definition) is 1. The normalized spacial score (nSPS) is 10.8. The first-order valence-electron chi connectivity index (χ1n) is 9.46. The summed E-state index contributed by atoms with van der Waals surface area (Å²) in [4.78, 5) is 13.5. The molecule has 0 unspecified atom stereocenters. The fraction of sp³-hybridized carbons (Fsp3) is 0.125. The monoisotopic (exact) mass is 417 g/mol. The molecule has 0 atom stereocenters. The van der Waals surface area contributed by atoms with Gasteiger partial charge in [-0.15, -0.1) is 10.2 Å². The van der Waals surface area contributed by atoms with Crippen LogP contribution < -0.4 is 10.1 Å². The van der Waals surface area contributed by atoms with Gasteiger partial charge in [0.05, 0.1) is 23.9 Å². The van der Waals surface area contributed by atoms with Crippen molar-refractivity contribution in [3.63, 3.8) is 0 Å². The van der Waals surface area contributed by atoms with E-state index in [1.165, 1.54) is 0 Å². The molecule has 1 N–H and O–H groups in total. The molecule has 0 saturated carbocycles. The van der Waals surface area contributed by atoms with Crippen molar-refractivity contribution in [1.29, 1.82) is 0 Å². The Morgan fingerprint density at radius 1 is 1.00 bits per heavy atom. The van der Waals surface area contributed by atoms with Gasteiger partial charge in [0.15, 0.2) is 0 Å². The third-order valence-electron chi connectivity index (χ3n) is 4.92. The van der Waals surface area contributed by atoms with Gasteiger partial charge in [0.1, 0.15) is 11.4 Å². The van der Waals surface area contributed by atoms with E-state index in [9.17, 15) is 4.79 Å². The zero-order chi connectivity index (χ0) is 21.3. The Kier molecular flexibility index (Phi) is 5.38. The maximum atomic E-state index is 13.5. The van der Waals surface area contributed by atoms with Gasteiger partial charge in [0.2, 0.25) is 0 Å². The van der Waals surface area contributed by atoms with Crippen LogP contribution in [0.5, 0.6) is 5.75 Å². The number of benzene rings is 3. The number of fused-ring (bicyclic) bond motifs is 1. The first-order valence-corrected chi connectivity index (χ1v) is 9.83. The van der Waals surface area contributed by atoms with Crippen LogP contribution in [0.25, 0.3) is 22.2 Å². The van der Waals surface area contributed by atoms with Gasteiger partial charge in [-0.05, 0) is 37.6 Å². The molecule has 0 aliphatic carbocycles. The van der Waals surface area contributed by atoms with Crippen LogP contribution in [0.4, 0.5) is 5.69 Å². The van der Waals surface area contributed by atoms with E-state index in [0.29, 0.717) is 33.2 Å². The van der Waals surface area contributed by atoms with Gasteiger partial charge >= 0.3 is 0 Å². The van der Waals surface area contributed by atoms with Crippen LogP contribution in [-0.4, -0.2) is 23.2 Å². The first kappa shape index (κ1) is 19.9. The zero-order valence-electron chi connectivity index (χ0n) is 16.9. The van der Waals surface area contributed by atoms with Crippen LogP contribution in [-0.2, 0) is 0 Å². The summed E-state index contributed by atoms with van der Waals surface area (Å²) in [6, 6.07) is 18.8. The van der Waals surface area contributed by atoms with Crippen molar-refractivity contribution in [2.24, 2.45) is 0 Å². The van der Waals surface area contributed by atoms with E-state index in [4.69, 9.17) is 16.3 Å². The fourth-order valence-corrected chi connectivity index (χ4v) is 3.51. The Labute approximate surface area is 179 Å². The van der Waals surface area contributed by atoms with E-state index < -0.39 is 0 Å². The standard InChI is InChI=1S/C24H20ClN3O2/c1-14-9-10-19-17(11-14)22(23(28-27-19)16-7-5-4-6-8-16)24(29)26-20-12-15(2)18(25)13-21(20)30-3/h4-13H,1-3H3,(H,26,29). The van der Waals surface area contributed by atoms with Crippen molar-refractivity contribution in [3.05, 3.63) is 82.4 Å². The molecule has 0 aliphatic rings. The largest absolute Gasteiger partial charge is 0.495 e. The highest BCUT2D eigenvalue weighted by Crippen LogP contribution is 2.33. The smallest absolute Gasteiger partial charge is 0.258 e. The Morgan fingerprint density at radius 3 is 2.50 bits per heavy atom. The quantitative estimate of drug-likeness (QED) is 0.453. The molecule has 0 saturated heterocycles. The third kappa shape index (κ3) is 3.72. The molecule has 30 heavy (non-hydrogen) atoms. The molecule has 1 aromatic heterocycles. The molecule has 0 spiro atoms. The minimum Gasteiger partial charge on any atom is -0.495 e. The van der Waals surface area contributed by atoms with E-state index in [-0.39, 0.29) is 5.91 Å². The van der Waals surface area contributed by atoms with Crippen molar-refractivity contribution < 1.29 is 9.53 Å². The van der Waals surface area contributed by atoms with E-state index in [1.54, 1.807) is 19.2 Å². The molecule has 0 bridgehead atoms. The first-order chi connectivity index (χ1) is 14.5. The van der Waals surface area contributed by atoms with Crippen molar-refractivity contribution >= 4 is 34.1 Å². The van der Waals surface area contributed by atoms with Crippen molar-refractivity contribution in [2.45, 2.75) is 13.8 Å². The number of nitrogens with one attached hydrogen (secondary N) is 1. The van der Waals surface area contributed by atoms with Crippen LogP contribution in [0.1, 0.15) is 21.5 Å². The van der Waals surface area contributed by atoms with Crippen molar-refractivity contribution in [2.75, 3.05) is 12.4 Å². The lowest BCUT2D eigenvalue weighted by molar-refractivity contribution is 0.102. The molecule has 1 amide bonds. The van der Waals surface area contributed by atoms with Gasteiger partial charge in [-0.3, -0.25) is 4.79 Å². The van der Waals surface area contributed by atoms with Crippen LogP contribution in [0.2, 0.25) is 5.02 Å². The number of amides is 1. The predicted molar refractivity (Wildman–Crippen MR) is 120 cm³/mol. The van der Waals surface area contributed by atoms with Gasteiger partial charge in [-0.2, -0.15) is 0 Å². The topological polar surface area (TPSA) is 64.1 Å². The average molecular weight is 418 g/mol. The number of rotatable bonds is 4. The maximum absolute atomic E-state index is 13.5. The number of carbonyl (C=O) groups is 1. The number of aromatic nitrogens is 2. The van der Waals surface area contributed by atoms with Crippen molar-refractivity contribution in [1.82, 2.24) is 10.2 Å². The number of carbonyl (C=O) groups excluding carboxylic acids is 1. The summed E-state index contributed by atoms with van der Waals surface area (Å²) in [5.74, 6) is 0.196. The number of aryl methyl sites for hydroxylation is 2. The van der Waals surface area contributed by atoms with Crippen LogP contribution in [0.15, 0.2) is 60.7 Å². The molecular formula is C24H20ClN3O2. The summed E-state index contributed by atoms with van der Waals surface area (Å²) in [5, 5.41) is 13.0. The highest BCUT2D eigenvalue weighted by molar-refractivity contribution is 6.31. The van der Waals surface area contributed by atoms with E-state index in [0.717, 1.165) is 22.1 Å². The third-order valence-corrected chi connectivity index (χ3v) is 5.33. The summed E-state index contributed by atoms with van der Waals surface area (Å²) in [5.41, 5.74) is 4.87. The zero-order valence-corrected chi connectivity index (χ0v) is 17.6. The summed E-state index contributed by atoms with van der Waals surface area (Å²) < 4.78 is 5.41. The molecule has 0 fully saturated rings. The second-order valence-electron chi connectivity index (χ2n) is 7.07. The lowest BCUT2D eigenvalue weighted by Crippen LogP contribution is -2.16. The second kappa shape index (κ2) is 8.13. The van der Waals surface area contributed by atoms with E-state index in [2.05, 4.69) is 15.5 Å². The van der Waals surface area contributed by atoms with Crippen LogP contribution in [0.3, 0.4) is 0 Å². The highest BCUT2D eigenvalue weighted by atomic mass is 35.5. The number of halogens is 1. The number of ether oxygens (including phenoxy) is 1. The second-order valence-corrected chi connectivity index (χ2v) is 7.47. The fourth-order valence-electron chi connectivity index (χ4n) is 3.36. The van der Waals surface area contributed by atoms with Gasteiger partial charge in [-0.25, -0.2) is 0 Å². The Balaban J connectivity index is 1.90. The predicted octanol–water partition coefficient (Wildman–Crippen LogP) is 5.83. The van der Waals surface area contributed by atoms with Crippen LogP contribution >= 0.6 is 11.6 Å². The van der Waals surface area contributed by atoms with Gasteiger partial charge < -0.3 is 10.1 Å². The molecule has 1 heterocycles. The van der Waals surface area contributed by atoms with Gasteiger partial charge in [-0.1, -0.05) is 53.6 Å². The summed E-state index contributed by atoms with van der Waals surface area (Å²) in [6.07, 6.45) is 0. The molecule has 4 rings (SSSR count). The molecule has 150 valence electrons. The molecule has 6 heteroatoms. The minimum atomic E-state index is -0.292. The highest BCUT2D eigenvalue weighted by Gasteiger charge is 2.21. The maximum Gasteiger partial charge on any atom is 0.258 e. The van der Waals surface area contributed by atoms with E-state index in [1.807, 2.05) is 62.4 Å². The Morgan fingerprint density at radius 2 is 1.77 bits per heavy atom. The number of hydrogen-bond acceptors (Lipinski definition) is 4. The van der Waals surface area contributed by atoms with Crippen LogP contribution in [0, 0.1) is 13.8 Å². The lowest BCUT2D eigenvalue weighted by Gasteiger charge is -2.15. The van der Waals surface area contributed by atoms with Crippen molar-refractivity contribution in [3.8, 4) is 17.0 Å². The summed E-state index contributed by atoms with van der Waals surface area (Å²) in [7, 11) is 1.54. The average Bonchev–Trinajstić information content (AvgIpc) is 2.75. The molecule has 0 aliphatic heterocycles. The molecule has 4 aromatic rings. The molecular weight excluding hydrogens is 398 g/mol. The Bertz CT molecular complexity index is 1260. The van der Waals surface area contributed by atoms with E-state index >= 15 is 0 Å². The number of anilines is 1. The summed E-state index contributed by atoms with van der Waals surface area (Å²) >= 11 is 6.21. The lowest BCUT2D eigenvalue weighted by atomic mass is 10.00. The summed E-state index contributed by atoms with van der Waals surface area (Å²) in [6.45, 7) is 3.86.